The SMILES string of the molecule is CC(=O)Nc1ccc([N+](=O)[O-])cc1C(F)(F)F.O=C(O)c1ccco1.[N-]=C=C1C=C([N+](=O)[O-])C=CC1=N. The number of carboxylic acid groups (broad SMARTS) is 1. The molecule has 2 aromatic rings. The lowest BCUT2D eigenvalue weighted by atomic mass is 10.1. The molecule has 0 atom stereocenters. The number of carbonyl (C=O) groups is 2. The number of hydrogen-bond acceptors (Lipinski definition) is 8. The predicted octanol–water partition coefficient (Wildman–Crippen LogP) is 4.45. The first-order valence-electron chi connectivity index (χ1n) is 9.47. The van der Waals surface area contributed by atoms with E-state index in [-0.39, 0.29) is 22.7 Å². The Morgan fingerprint density at radius 2 is 1.81 bits per heavy atom. The molecule has 0 aliphatic heterocycles. The minimum Gasteiger partial charge on any atom is -0.763 e. The monoisotopic (exact) mass is 522 g/mol. The topological polar surface area (TPSA) is 212 Å². The third-order valence-electron chi connectivity index (χ3n) is 3.90. The molecule has 0 spiro atoms. The van der Waals surface area contributed by atoms with Crippen LogP contribution in [0.4, 0.5) is 24.5 Å². The molecule has 0 bridgehead atoms. The maximum atomic E-state index is 12.6. The molecule has 0 saturated heterocycles. The van der Waals surface area contributed by atoms with Gasteiger partial charge in [0.25, 0.3) is 11.4 Å². The third-order valence-corrected chi connectivity index (χ3v) is 3.90. The van der Waals surface area contributed by atoms with E-state index in [4.69, 9.17) is 15.9 Å². The number of hydrogen-bond donors (Lipinski definition) is 3. The molecule has 13 nitrogen and oxygen atoms in total. The van der Waals surface area contributed by atoms with Gasteiger partial charge in [0.1, 0.15) is 0 Å². The highest BCUT2D eigenvalue weighted by atomic mass is 19.4. The summed E-state index contributed by atoms with van der Waals surface area (Å²) in [5.41, 5.74) is -2.58. The highest BCUT2D eigenvalue weighted by Crippen LogP contribution is 2.37. The average molecular weight is 522 g/mol. The molecule has 0 radical (unpaired) electrons. The fourth-order valence-electron chi connectivity index (χ4n) is 2.32. The summed E-state index contributed by atoms with van der Waals surface area (Å²) in [5, 5.41) is 46.3. The summed E-state index contributed by atoms with van der Waals surface area (Å²) in [6, 6.07) is 5.04. The number of benzene rings is 1. The standard InChI is InChI=1S/C9H7F3N2O3.C7H4N3O2.C5H4O3/c1-5(15)13-8-3-2-6(14(16)17)4-7(8)9(10,11)12;8-4-5-3-6(10(11)12)1-2-7(5)9;6-5(7)4-2-1-3-8-4/h2-4H,1H3,(H,13,15);1-3,9H;1-3H,(H,6,7)/q;-1;. The van der Waals surface area contributed by atoms with Crippen LogP contribution in [0.5, 0.6) is 0 Å². The Morgan fingerprint density at radius 1 is 1.16 bits per heavy atom. The number of amides is 1. The van der Waals surface area contributed by atoms with Gasteiger partial charge in [0.15, 0.2) is 0 Å². The summed E-state index contributed by atoms with van der Waals surface area (Å²) in [4.78, 5) is 39.7. The molecule has 0 fully saturated rings. The minimum atomic E-state index is -4.77. The van der Waals surface area contributed by atoms with Crippen LogP contribution < -0.4 is 5.32 Å². The molecule has 1 amide bonds. The van der Waals surface area contributed by atoms with Gasteiger partial charge in [0, 0.05) is 36.8 Å². The van der Waals surface area contributed by atoms with Gasteiger partial charge in [-0.1, -0.05) is 0 Å². The summed E-state index contributed by atoms with van der Waals surface area (Å²) < 4.78 is 42.2. The molecule has 0 unspecified atom stereocenters. The fourth-order valence-corrected chi connectivity index (χ4v) is 2.32. The van der Waals surface area contributed by atoms with Crippen LogP contribution in [0, 0.1) is 25.6 Å². The molecule has 1 aliphatic rings. The number of carbonyl (C=O) groups excluding carboxylic acids is 1. The summed E-state index contributed by atoms with van der Waals surface area (Å²) in [6.45, 7) is 1.04. The Balaban J connectivity index is 0.000000297. The molecule has 194 valence electrons. The number of furan rings is 1. The number of nitro benzene ring substituents is 1. The number of anilines is 1. The van der Waals surface area contributed by atoms with Gasteiger partial charge in [-0.05, 0) is 24.3 Å². The first-order valence-corrected chi connectivity index (χ1v) is 9.47. The highest BCUT2D eigenvalue weighted by Gasteiger charge is 2.35. The number of non-ortho nitro benzene ring substituents is 1. The molecule has 3 rings (SSSR count). The van der Waals surface area contributed by atoms with E-state index in [2.05, 4.69) is 4.42 Å². The Kier molecular flexibility index (Phi) is 10.4. The molecule has 3 N–H and O–H groups in total. The number of rotatable bonds is 4. The molecule has 0 saturated carbocycles. The molecular formula is C21H15F3N5O8-. The zero-order chi connectivity index (χ0) is 28.3. The van der Waals surface area contributed by atoms with Gasteiger partial charge in [0.05, 0.1) is 33.1 Å². The van der Waals surface area contributed by atoms with E-state index in [1.54, 1.807) is 5.87 Å². The first-order chi connectivity index (χ1) is 17.2. The first kappa shape index (κ1) is 29.7. The highest BCUT2D eigenvalue weighted by molar-refractivity contribution is 6.15. The summed E-state index contributed by atoms with van der Waals surface area (Å²) >= 11 is 0. The Morgan fingerprint density at radius 3 is 2.22 bits per heavy atom. The lowest BCUT2D eigenvalue weighted by Gasteiger charge is -2.12. The van der Waals surface area contributed by atoms with Crippen molar-refractivity contribution in [3.63, 3.8) is 0 Å². The van der Waals surface area contributed by atoms with Crippen molar-refractivity contribution in [3.05, 3.63) is 103 Å². The van der Waals surface area contributed by atoms with E-state index < -0.39 is 44.8 Å². The molecule has 1 aromatic carbocycles. The number of nitrogens with one attached hydrogen (secondary N) is 2. The van der Waals surface area contributed by atoms with Crippen LogP contribution in [0.1, 0.15) is 23.0 Å². The fraction of sp³-hybridized carbons (Fsp3) is 0.0952. The van der Waals surface area contributed by atoms with Gasteiger partial charge < -0.3 is 20.2 Å². The Hall–Kier alpha value is -5.37. The van der Waals surface area contributed by atoms with Crippen LogP contribution >= 0.6 is 0 Å². The second kappa shape index (κ2) is 12.9. The Labute approximate surface area is 204 Å². The van der Waals surface area contributed by atoms with Crippen LogP contribution in [0.2, 0.25) is 0 Å². The van der Waals surface area contributed by atoms with Gasteiger partial charge in [-0.2, -0.15) is 13.2 Å². The second-order valence-corrected chi connectivity index (χ2v) is 6.55. The van der Waals surface area contributed by atoms with Gasteiger partial charge in [0.2, 0.25) is 11.7 Å². The van der Waals surface area contributed by atoms with Crippen molar-refractivity contribution in [1.82, 2.24) is 0 Å². The number of halogens is 3. The van der Waals surface area contributed by atoms with Crippen molar-refractivity contribution in [1.29, 1.82) is 5.41 Å². The van der Waals surface area contributed by atoms with Crippen LogP contribution in [0.25, 0.3) is 5.41 Å². The van der Waals surface area contributed by atoms with Crippen LogP contribution in [-0.4, -0.2) is 38.4 Å². The van der Waals surface area contributed by atoms with Crippen molar-refractivity contribution in [2.45, 2.75) is 13.1 Å². The van der Waals surface area contributed by atoms with Gasteiger partial charge in [-0.3, -0.25) is 36.3 Å². The molecule has 1 aromatic heterocycles. The Bertz CT molecular complexity index is 1320. The van der Waals surface area contributed by atoms with Gasteiger partial charge in [-0.25, -0.2) is 4.79 Å². The van der Waals surface area contributed by atoms with E-state index in [0.29, 0.717) is 6.07 Å². The number of nitrogens with zero attached hydrogens (tertiary/aromatic N) is 3. The number of nitro groups is 2. The molecule has 1 aliphatic carbocycles. The number of carboxylic acids is 1. The zero-order valence-corrected chi connectivity index (χ0v) is 18.5. The van der Waals surface area contributed by atoms with Crippen LogP contribution in [0.15, 0.2) is 70.5 Å². The predicted molar refractivity (Wildman–Crippen MR) is 122 cm³/mol. The average Bonchev–Trinajstić information content (AvgIpc) is 3.34. The maximum absolute atomic E-state index is 12.6. The molecular weight excluding hydrogens is 507 g/mol. The van der Waals surface area contributed by atoms with E-state index >= 15 is 0 Å². The largest absolute Gasteiger partial charge is 0.763 e. The molecule has 16 heteroatoms. The lowest BCUT2D eigenvalue weighted by Crippen LogP contribution is -2.14. The number of alkyl halides is 3. The van der Waals surface area contributed by atoms with E-state index in [0.717, 1.165) is 25.1 Å². The molecule has 1 heterocycles. The van der Waals surface area contributed by atoms with Crippen molar-refractivity contribution < 1.29 is 42.1 Å². The van der Waals surface area contributed by atoms with Gasteiger partial charge >= 0.3 is 12.1 Å². The summed E-state index contributed by atoms with van der Waals surface area (Å²) in [6.07, 6.45) is 0.0649. The molecule has 37 heavy (non-hydrogen) atoms. The smallest absolute Gasteiger partial charge is 0.418 e. The summed E-state index contributed by atoms with van der Waals surface area (Å²) in [7, 11) is 0. The normalized spacial score (nSPS) is 12.1. The number of allylic oxidation sites excluding steroid dienone is 4. The van der Waals surface area contributed by atoms with Crippen LogP contribution in [-0.2, 0) is 11.0 Å². The zero-order valence-electron chi connectivity index (χ0n) is 18.5. The summed E-state index contributed by atoms with van der Waals surface area (Å²) in [5.74, 6) is -0.0474. The van der Waals surface area contributed by atoms with E-state index in [1.807, 2.05) is 5.32 Å². The lowest BCUT2D eigenvalue weighted by molar-refractivity contribution is -0.419. The van der Waals surface area contributed by atoms with Crippen molar-refractivity contribution in [2.75, 3.05) is 5.32 Å². The van der Waals surface area contributed by atoms with Crippen LogP contribution in [0.3, 0.4) is 0 Å². The van der Waals surface area contributed by atoms with E-state index in [9.17, 15) is 43.0 Å². The quantitative estimate of drug-likeness (QED) is 0.296. The maximum Gasteiger partial charge on any atom is 0.418 e. The van der Waals surface area contributed by atoms with E-state index in [1.165, 1.54) is 30.5 Å². The van der Waals surface area contributed by atoms with Crippen molar-refractivity contribution in [3.8, 4) is 0 Å². The second-order valence-electron chi connectivity index (χ2n) is 6.55. The van der Waals surface area contributed by atoms with Crippen molar-refractivity contribution >= 4 is 34.8 Å². The van der Waals surface area contributed by atoms with Crippen molar-refractivity contribution in [2.24, 2.45) is 0 Å². The minimum absolute atomic E-state index is 0.00287. The van der Waals surface area contributed by atoms with Gasteiger partial charge in [-0.15, -0.1) is 0 Å². The third kappa shape index (κ3) is 9.42. The number of aromatic carboxylic acids is 1.